The zero-order valence-corrected chi connectivity index (χ0v) is 15.7. The molecular formula is C17H20N4O5S. The van der Waals surface area contributed by atoms with Crippen molar-refractivity contribution in [2.45, 2.75) is 13.3 Å². The molecule has 0 bridgehead atoms. The van der Waals surface area contributed by atoms with E-state index in [0.717, 1.165) is 0 Å². The third-order valence-electron chi connectivity index (χ3n) is 3.28. The van der Waals surface area contributed by atoms with E-state index in [0.29, 0.717) is 22.9 Å². The predicted octanol–water partition coefficient (Wildman–Crippen LogP) is 1.82. The minimum atomic E-state index is -3.74. The van der Waals surface area contributed by atoms with Gasteiger partial charge in [-0.2, -0.15) is 0 Å². The normalized spacial score (nSPS) is 10.7. The molecule has 3 N–H and O–H groups in total. The van der Waals surface area contributed by atoms with Crippen LogP contribution in [0.5, 0.6) is 5.88 Å². The van der Waals surface area contributed by atoms with Gasteiger partial charge in [0, 0.05) is 25.1 Å². The quantitative estimate of drug-likeness (QED) is 0.629. The minimum Gasteiger partial charge on any atom is -0.481 e. The van der Waals surface area contributed by atoms with Gasteiger partial charge >= 0.3 is 0 Å². The molecule has 144 valence electrons. The highest BCUT2D eigenvalue weighted by molar-refractivity contribution is 7.92. The summed E-state index contributed by atoms with van der Waals surface area (Å²) in [6.45, 7) is 1.35. The molecule has 0 aliphatic heterocycles. The van der Waals surface area contributed by atoms with Crippen molar-refractivity contribution in [2.75, 3.05) is 28.2 Å². The number of hydrogen-bond donors (Lipinski definition) is 3. The largest absolute Gasteiger partial charge is 0.481 e. The van der Waals surface area contributed by atoms with Gasteiger partial charge in [-0.25, -0.2) is 13.4 Å². The summed E-state index contributed by atoms with van der Waals surface area (Å²) in [5, 5.41) is 5.13. The van der Waals surface area contributed by atoms with Gasteiger partial charge < -0.3 is 15.4 Å². The predicted molar refractivity (Wildman–Crippen MR) is 102 cm³/mol. The number of anilines is 3. The second-order valence-electron chi connectivity index (χ2n) is 5.57. The fourth-order valence-corrected chi connectivity index (χ4v) is 3.16. The molecule has 0 saturated heterocycles. The first-order valence-corrected chi connectivity index (χ1v) is 9.61. The first-order chi connectivity index (χ1) is 12.8. The molecule has 1 heterocycles. The van der Waals surface area contributed by atoms with Crippen LogP contribution in [0.15, 0.2) is 42.6 Å². The molecule has 2 aromatic rings. The highest BCUT2D eigenvalue weighted by atomic mass is 32.2. The van der Waals surface area contributed by atoms with E-state index in [1.807, 2.05) is 0 Å². The zero-order valence-electron chi connectivity index (χ0n) is 14.9. The summed E-state index contributed by atoms with van der Waals surface area (Å²) < 4.78 is 31.6. The fraction of sp³-hybridized carbons (Fsp3) is 0.235. The summed E-state index contributed by atoms with van der Waals surface area (Å²) in [5.41, 5.74) is 1.20. The molecule has 10 heteroatoms. The van der Waals surface area contributed by atoms with Gasteiger partial charge in [0.15, 0.2) is 0 Å². The van der Waals surface area contributed by atoms with E-state index in [1.54, 1.807) is 30.3 Å². The Kier molecular flexibility index (Phi) is 6.72. The van der Waals surface area contributed by atoms with E-state index < -0.39 is 21.7 Å². The molecule has 0 radical (unpaired) electrons. The second kappa shape index (κ2) is 8.99. The van der Waals surface area contributed by atoms with Gasteiger partial charge in [-0.1, -0.05) is 6.07 Å². The first-order valence-electron chi connectivity index (χ1n) is 7.95. The van der Waals surface area contributed by atoms with Crippen molar-refractivity contribution in [3.05, 3.63) is 42.6 Å². The Bertz CT molecular complexity index is 913. The number of aromatic nitrogens is 1. The van der Waals surface area contributed by atoms with Gasteiger partial charge in [0.2, 0.25) is 27.7 Å². The summed E-state index contributed by atoms with van der Waals surface area (Å²) in [4.78, 5) is 26.9. The lowest BCUT2D eigenvalue weighted by Gasteiger charge is -2.10. The molecule has 2 rings (SSSR count). The lowest BCUT2D eigenvalue weighted by Crippen LogP contribution is -2.22. The van der Waals surface area contributed by atoms with Crippen molar-refractivity contribution in [2.24, 2.45) is 0 Å². The molecule has 0 saturated carbocycles. The van der Waals surface area contributed by atoms with Crippen molar-refractivity contribution in [3.8, 4) is 5.88 Å². The van der Waals surface area contributed by atoms with Crippen LogP contribution in [0.25, 0.3) is 0 Å². The van der Waals surface area contributed by atoms with Crippen LogP contribution in [0.4, 0.5) is 17.1 Å². The maximum Gasteiger partial charge on any atom is 0.233 e. The second-order valence-corrected chi connectivity index (χ2v) is 7.41. The van der Waals surface area contributed by atoms with E-state index in [2.05, 4.69) is 20.3 Å². The Morgan fingerprint density at radius 1 is 1.07 bits per heavy atom. The van der Waals surface area contributed by atoms with E-state index in [9.17, 15) is 18.0 Å². The maximum atomic E-state index is 12.2. The maximum absolute atomic E-state index is 12.2. The van der Waals surface area contributed by atoms with Crippen LogP contribution in [0.3, 0.4) is 0 Å². The molecule has 0 fully saturated rings. The number of nitrogens with one attached hydrogen (secondary N) is 3. The average molecular weight is 392 g/mol. The molecular weight excluding hydrogens is 372 g/mol. The van der Waals surface area contributed by atoms with E-state index in [-0.39, 0.29) is 12.3 Å². The van der Waals surface area contributed by atoms with Gasteiger partial charge in [-0.05, 0) is 24.3 Å². The Labute approximate surface area is 157 Å². The SMILES string of the molecule is COc1ccc(NC(=O)CCS(=O)(=O)Nc2cccc(NC(C)=O)c2)cn1. The van der Waals surface area contributed by atoms with Gasteiger partial charge in [0.25, 0.3) is 0 Å². The van der Waals surface area contributed by atoms with Crippen LogP contribution in [0.1, 0.15) is 13.3 Å². The van der Waals surface area contributed by atoms with Crippen LogP contribution in [-0.4, -0.2) is 38.1 Å². The van der Waals surface area contributed by atoms with Crippen molar-refractivity contribution in [3.63, 3.8) is 0 Å². The fourth-order valence-electron chi connectivity index (χ4n) is 2.12. The summed E-state index contributed by atoms with van der Waals surface area (Å²) in [6.07, 6.45) is 1.18. The molecule has 1 aromatic heterocycles. The summed E-state index contributed by atoms with van der Waals surface area (Å²) in [5.74, 6) is -0.715. The van der Waals surface area contributed by atoms with Crippen molar-refractivity contribution in [1.82, 2.24) is 4.98 Å². The Balaban J connectivity index is 1.90. The lowest BCUT2D eigenvalue weighted by molar-refractivity contribution is -0.116. The number of methoxy groups -OCH3 is 1. The van der Waals surface area contributed by atoms with E-state index in [1.165, 1.54) is 26.3 Å². The number of carbonyl (C=O) groups is 2. The van der Waals surface area contributed by atoms with Crippen LogP contribution in [-0.2, 0) is 19.6 Å². The number of pyridine rings is 1. The molecule has 9 nitrogen and oxygen atoms in total. The number of ether oxygens (including phenoxy) is 1. The smallest absolute Gasteiger partial charge is 0.233 e. The molecule has 0 atom stereocenters. The molecule has 2 amide bonds. The number of rotatable bonds is 8. The van der Waals surface area contributed by atoms with E-state index in [4.69, 9.17) is 4.74 Å². The summed E-state index contributed by atoms with van der Waals surface area (Å²) in [7, 11) is -2.26. The lowest BCUT2D eigenvalue weighted by atomic mass is 10.3. The molecule has 0 aliphatic rings. The third-order valence-corrected chi connectivity index (χ3v) is 4.57. The average Bonchev–Trinajstić information content (AvgIpc) is 2.60. The number of benzene rings is 1. The number of hydrogen-bond acceptors (Lipinski definition) is 6. The van der Waals surface area contributed by atoms with Crippen molar-refractivity contribution < 1.29 is 22.7 Å². The number of sulfonamides is 1. The third kappa shape index (κ3) is 6.94. The Morgan fingerprint density at radius 2 is 1.81 bits per heavy atom. The topological polar surface area (TPSA) is 126 Å². The molecule has 0 unspecified atom stereocenters. The minimum absolute atomic E-state index is 0.229. The molecule has 0 spiro atoms. The highest BCUT2D eigenvalue weighted by Gasteiger charge is 2.14. The summed E-state index contributed by atoms with van der Waals surface area (Å²) in [6, 6.07) is 9.45. The van der Waals surface area contributed by atoms with Crippen LogP contribution in [0.2, 0.25) is 0 Å². The molecule has 1 aromatic carbocycles. The first kappa shape index (κ1) is 20.2. The van der Waals surface area contributed by atoms with Gasteiger partial charge in [0.1, 0.15) is 0 Å². The van der Waals surface area contributed by atoms with Crippen molar-refractivity contribution in [1.29, 1.82) is 0 Å². The number of nitrogens with zero attached hydrogens (tertiary/aromatic N) is 1. The van der Waals surface area contributed by atoms with Gasteiger partial charge in [-0.3, -0.25) is 14.3 Å². The summed E-state index contributed by atoms with van der Waals surface area (Å²) >= 11 is 0. The molecule has 0 aliphatic carbocycles. The van der Waals surface area contributed by atoms with Crippen LogP contribution >= 0.6 is 0 Å². The Morgan fingerprint density at radius 3 is 2.44 bits per heavy atom. The molecule has 27 heavy (non-hydrogen) atoms. The Hall–Kier alpha value is -3.14. The van der Waals surface area contributed by atoms with Crippen molar-refractivity contribution >= 4 is 38.9 Å². The van der Waals surface area contributed by atoms with Crippen LogP contribution < -0.4 is 20.1 Å². The number of amides is 2. The standard InChI is InChI=1S/C17H20N4O5S/c1-12(22)19-13-4-3-5-14(10-13)21-27(24,25)9-8-16(23)20-15-6-7-17(26-2)18-11-15/h3-7,10-11,21H,8-9H2,1-2H3,(H,19,22)(H,20,23). The monoisotopic (exact) mass is 392 g/mol. The van der Waals surface area contributed by atoms with Gasteiger partial charge in [0.05, 0.1) is 30.4 Å². The number of carbonyl (C=O) groups excluding carboxylic acids is 2. The zero-order chi connectivity index (χ0) is 19.9. The van der Waals surface area contributed by atoms with Gasteiger partial charge in [-0.15, -0.1) is 0 Å². The van der Waals surface area contributed by atoms with E-state index >= 15 is 0 Å². The van der Waals surface area contributed by atoms with Crippen LogP contribution in [0, 0.1) is 0 Å². The highest BCUT2D eigenvalue weighted by Crippen LogP contribution is 2.17.